The fourth-order valence-electron chi connectivity index (χ4n) is 1.93. The molecule has 0 spiro atoms. The van der Waals surface area contributed by atoms with Crippen molar-refractivity contribution in [1.82, 2.24) is 5.32 Å². The van der Waals surface area contributed by atoms with Crippen molar-refractivity contribution in [3.8, 4) is 0 Å². The molecule has 1 saturated carbocycles. The first kappa shape index (κ1) is 12.2. The second kappa shape index (κ2) is 5.37. The van der Waals surface area contributed by atoms with Crippen molar-refractivity contribution in [2.45, 2.75) is 31.4 Å². The molecule has 0 saturated heterocycles. The molecule has 2 nitrogen and oxygen atoms in total. The topological polar surface area (TPSA) is 32.3 Å². The highest BCUT2D eigenvalue weighted by molar-refractivity contribution is 6.34. The van der Waals surface area contributed by atoms with E-state index in [-0.39, 0.29) is 6.10 Å². The molecule has 1 aromatic rings. The molecule has 0 amide bonds. The molecule has 2 rings (SSSR count). The maximum atomic E-state index is 9.13. The first-order valence-corrected chi connectivity index (χ1v) is 6.25. The number of halogens is 2. The Balaban J connectivity index is 1.76. The lowest BCUT2D eigenvalue weighted by Crippen LogP contribution is -2.44. The Morgan fingerprint density at radius 2 is 1.81 bits per heavy atom. The van der Waals surface area contributed by atoms with E-state index in [1.807, 2.05) is 12.1 Å². The van der Waals surface area contributed by atoms with Gasteiger partial charge < -0.3 is 10.4 Å². The van der Waals surface area contributed by atoms with Gasteiger partial charge in [0.05, 0.1) is 6.10 Å². The van der Waals surface area contributed by atoms with Crippen LogP contribution in [-0.4, -0.2) is 23.8 Å². The van der Waals surface area contributed by atoms with Crippen LogP contribution in [0.15, 0.2) is 18.2 Å². The number of aliphatic hydroxyl groups is 1. The Morgan fingerprint density at radius 1 is 1.19 bits per heavy atom. The minimum atomic E-state index is -0.0990. The smallest absolute Gasteiger partial charge is 0.0570 e. The number of rotatable bonds is 4. The number of benzene rings is 1. The average Bonchev–Trinajstić information content (AvgIpc) is 2.13. The molecule has 0 atom stereocenters. The van der Waals surface area contributed by atoms with Gasteiger partial charge in [-0.1, -0.05) is 23.2 Å². The van der Waals surface area contributed by atoms with Crippen LogP contribution in [0, 0.1) is 0 Å². The third-order valence-electron chi connectivity index (χ3n) is 2.88. The third-order valence-corrected chi connectivity index (χ3v) is 3.32. The summed E-state index contributed by atoms with van der Waals surface area (Å²) in [5.74, 6) is 0. The SMILES string of the molecule is OC1CC(NCCc2cc(Cl)cc(Cl)c2)C1. The zero-order valence-corrected chi connectivity index (χ0v) is 10.4. The summed E-state index contributed by atoms with van der Waals surface area (Å²) in [7, 11) is 0. The van der Waals surface area contributed by atoms with Gasteiger partial charge in [-0.05, 0) is 49.6 Å². The predicted octanol–water partition coefficient (Wildman–Crippen LogP) is 2.65. The number of nitrogens with one attached hydrogen (secondary N) is 1. The standard InChI is InChI=1S/C12H15Cl2NO/c13-9-3-8(4-10(14)5-9)1-2-15-11-6-12(16)7-11/h3-5,11-12,15-16H,1-2,6-7H2. The monoisotopic (exact) mass is 259 g/mol. The highest BCUT2D eigenvalue weighted by Gasteiger charge is 2.25. The summed E-state index contributed by atoms with van der Waals surface area (Å²) in [5.41, 5.74) is 1.14. The van der Waals surface area contributed by atoms with Crippen LogP contribution in [0.1, 0.15) is 18.4 Å². The molecule has 16 heavy (non-hydrogen) atoms. The van der Waals surface area contributed by atoms with Crippen LogP contribution in [0.5, 0.6) is 0 Å². The molecule has 1 aromatic carbocycles. The highest BCUT2D eigenvalue weighted by Crippen LogP contribution is 2.21. The molecular formula is C12H15Cl2NO. The largest absolute Gasteiger partial charge is 0.393 e. The van der Waals surface area contributed by atoms with Gasteiger partial charge in [-0.3, -0.25) is 0 Å². The summed E-state index contributed by atoms with van der Waals surface area (Å²) >= 11 is 11.8. The van der Waals surface area contributed by atoms with Crippen molar-refractivity contribution < 1.29 is 5.11 Å². The van der Waals surface area contributed by atoms with E-state index >= 15 is 0 Å². The molecule has 0 bridgehead atoms. The normalized spacial score (nSPS) is 24.2. The van der Waals surface area contributed by atoms with Gasteiger partial charge in [0.15, 0.2) is 0 Å². The van der Waals surface area contributed by atoms with Crippen molar-refractivity contribution in [3.05, 3.63) is 33.8 Å². The van der Waals surface area contributed by atoms with Gasteiger partial charge in [0.25, 0.3) is 0 Å². The van der Waals surface area contributed by atoms with E-state index in [1.165, 1.54) is 0 Å². The van der Waals surface area contributed by atoms with Gasteiger partial charge in [-0.2, -0.15) is 0 Å². The van der Waals surface area contributed by atoms with Gasteiger partial charge in [0, 0.05) is 16.1 Å². The summed E-state index contributed by atoms with van der Waals surface area (Å²) in [6, 6.07) is 6.09. The van der Waals surface area contributed by atoms with E-state index in [2.05, 4.69) is 5.32 Å². The maximum absolute atomic E-state index is 9.13. The zero-order chi connectivity index (χ0) is 11.5. The van der Waals surface area contributed by atoms with Crippen molar-refractivity contribution in [3.63, 3.8) is 0 Å². The Bertz CT molecular complexity index is 344. The van der Waals surface area contributed by atoms with Crippen molar-refractivity contribution in [2.24, 2.45) is 0 Å². The molecule has 2 N–H and O–H groups in total. The Labute approximate surface area is 106 Å². The molecule has 1 aliphatic rings. The van der Waals surface area contributed by atoms with E-state index in [9.17, 15) is 0 Å². The third kappa shape index (κ3) is 3.36. The van der Waals surface area contributed by atoms with Gasteiger partial charge in [0.2, 0.25) is 0 Å². The maximum Gasteiger partial charge on any atom is 0.0570 e. The van der Waals surface area contributed by atoms with E-state index in [0.29, 0.717) is 16.1 Å². The molecule has 0 aromatic heterocycles. The quantitative estimate of drug-likeness (QED) is 0.872. The van der Waals surface area contributed by atoms with Gasteiger partial charge in [-0.25, -0.2) is 0 Å². The Hall–Kier alpha value is -0.280. The predicted molar refractivity (Wildman–Crippen MR) is 67.2 cm³/mol. The van der Waals surface area contributed by atoms with Crippen LogP contribution < -0.4 is 5.32 Å². The first-order valence-electron chi connectivity index (χ1n) is 5.50. The second-order valence-corrected chi connectivity index (χ2v) is 5.18. The number of hydrogen-bond acceptors (Lipinski definition) is 2. The lowest BCUT2D eigenvalue weighted by molar-refractivity contribution is 0.0629. The van der Waals surface area contributed by atoms with Crippen molar-refractivity contribution in [1.29, 1.82) is 0 Å². The van der Waals surface area contributed by atoms with E-state index in [1.54, 1.807) is 6.07 Å². The summed E-state index contributed by atoms with van der Waals surface area (Å²) in [4.78, 5) is 0. The summed E-state index contributed by atoms with van der Waals surface area (Å²) in [5, 5.41) is 13.9. The molecular weight excluding hydrogens is 245 g/mol. The molecule has 0 aliphatic heterocycles. The minimum absolute atomic E-state index is 0.0990. The fraction of sp³-hybridized carbons (Fsp3) is 0.500. The lowest BCUT2D eigenvalue weighted by Gasteiger charge is -2.32. The molecule has 0 heterocycles. The molecule has 0 unspecified atom stereocenters. The molecule has 4 heteroatoms. The summed E-state index contributed by atoms with van der Waals surface area (Å²) < 4.78 is 0. The highest BCUT2D eigenvalue weighted by atomic mass is 35.5. The number of hydrogen-bond donors (Lipinski definition) is 2. The van der Waals surface area contributed by atoms with Crippen LogP contribution in [0.4, 0.5) is 0 Å². The van der Waals surface area contributed by atoms with Gasteiger partial charge in [0.1, 0.15) is 0 Å². The van der Waals surface area contributed by atoms with Gasteiger partial charge >= 0.3 is 0 Å². The molecule has 88 valence electrons. The minimum Gasteiger partial charge on any atom is -0.393 e. The first-order chi connectivity index (χ1) is 7.63. The molecule has 1 fully saturated rings. The molecule has 1 aliphatic carbocycles. The van der Waals surface area contributed by atoms with Crippen LogP contribution in [-0.2, 0) is 6.42 Å². The van der Waals surface area contributed by atoms with Crippen LogP contribution >= 0.6 is 23.2 Å². The summed E-state index contributed by atoms with van der Waals surface area (Å²) in [6.45, 7) is 0.897. The van der Waals surface area contributed by atoms with E-state index in [0.717, 1.165) is 31.4 Å². The van der Waals surface area contributed by atoms with Crippen LogP contribution in [0.3, 0.4) is 0 Å². The van der Waals surface area contributed by atoms with Gasteiger partial charge in [-0.15, -0.1) is 0 Å². The van der Waals surface area contributed by atoms with Crippen molar-refractivity contribution in [2.75, 3.05) is 6.54 Å². The van der Waals surface area contributed by atoms with Crippen molar-refractivity contribution >= 4 is 23.2 Å². The molecule has 0 radical (unpaired) electrons. The van der Waals surface area contributed by atoms with E-state index in [4.69, 9.17) is 28.3 Å². The zero-order valence-electron chi connectivity index (χ0n) is 8.92. The summed E-state index contributed by atoms with van der Waals surface area (Å²) in [6.07, 6.45) is 2.55. The average molecular weight is 260 g/mol. The Morgan fingerprint density at radius 3 is 2.38 bits per heavy atom. The van der Waals surface area contributed by atoms with E-state index < -0.39 is 0 Å². The Kier molecular flexibility index (Phi) is 4.09. The number of aliphatic hydroxyl groups excluding tert-OH is 1. The fourth-order valence-corrected chi connectivity index (χ4v) is 2.50. The second-order valence-electron chi connectivity index (χ2n) is 4.30. The van der Waals surface area contributed by atoms with Crippen LogP contribution in [0.25, 0.3) is 0 Å². The lowest BCUT2D eigenvalue weighted by atomic mass is 9.89. The van der Waals surface area contributed by atoms with Crippen LogP contribution in [0.2, 0.25) is 10.0 Å².